The molecule has 4 heterocycles. The highest BCUT2D eigenvalue weighted by Gasteiger charge is 2.49. The van der Waals surface area contributed by atoms with E-state index in [1.165, 1.54) is 26.4 Å². The summed E-state index contributed by atoms with van der Waals surface area (Å²) in [6, 6.07) is 8.31. The van der Waals surface area contributed by atoms with Crippen molar-refractivity contribution in [3.63, 3.8) is 0 Å². The Morgan fingerprint density at radius 1 is 0.804 bits per heavy atom. The number of imide groups is 1. The third kappa shape index (κ3) is 21.0. The maximum atomic E-state index is 14.1. The van der Waals surface area contributed by atoms with E-state index in [-0.39, 0.29) is 89.8 Å². The van der Waals surface area contributed by atoms with Crippen LogP contribution in [0.5, 0.6) is 5.75 Å². The lowest BCUT2D eigenvalue weighted by atomic mass is 9.92. The molecule has 0 saturated carbocycles. The van der Waals surface area contributed by atoms with Crippen LogP contribution in [0.4, 0.5) is 0 Å². The summed E-state index contributed by atoms with van der Waals surface area (Å²) in [6.07, 6.45) is -9.08. The molecular weight excluding hydrogens is 1230 g/mol. The van der Waals surface area contributed by atoms with Crippen LogP contribution in [-0.2, 0) is 94.2 Å². The average Bonchev–Trinajstić information content (AvgIpc) is 1.63. The molecule has 4 aliphatic rings. The number of rotatable bonds is 26. The van der Waals surface area contributed by atoms with E-state index in [9.17, 15) is 68.1 Å². The van der Waals surface area contributed by atoms with Gasteiger partial charge in [-0.2, -0.15) is 0 Å². The van der Waals surface area contributed by atoms with Gasteiger partial charge >= 0.3 is 17.9 Å². The number of ether oxygens (including phenoxy) is 6. The molecule has 4 aliphatic heterocycles. The first kappa shape index (κ1) is 73.5. The number of amides is 8. The fourth-order valence-electron chi connectivity index (χ4n) is 10.3. The minimum atomic E-state index is -1.65. The van der Waals surface area contributed by atoms with E-state index in [4.69, 9.17) is 44.9 Å². The molecule has 28 nitrogen and oxygen atoms in total. The Morgan fingerprint density at radius 2 is 1.49 bits per heavy atom. The number of epoxide rings is 1. The smallest absolute Gasteiger partial charge is 0.347 e. The van der Waals surface area contributed by atoms with Crippen molar-refractivity contribution in [3.05, 3.63) is 76.3 Å². The molecule has 506 valence electrons. The summed E-state index contributed by atoms with van der Waals surface area (Å²) in [5, 5.41) is 47.8. The number of nitrogens with zero attached hydrogens (tertiary/aromatic N) is 1. The molecule has 2 aromatic rings. The number of nitrogens with one attached hydrogen (secondary N) is 6. The van der Waals surface area contributed by atoms with Gasteiger partial charge in [-0.25, -0.2) is 9.59 Å². The molecule has 2 aromatic carbocycles. The number of hydroxylamine groups is 2. The molecule has 3 saturated heterocycles. The van der Waals surface area contributed by atoms with Gasteiger partial charge in [0.05, 0.1) is 23.7 Å². The van der Waals surface area contributed by atoms with Gasteiger partial charge in [0, 0.05) is 77.6 Å². The largest absolute Gasteiger partial charge is 0.495 e. The maximum Gasteiger partial charge on any atom is 0.347 e. The highest BCUT2D eigenvalue weighted by molar-refractivity contribution is 6.32. The number of halogens is 1. The number of hydrogen-bond acceptors (Lipinski definition) is 21. The molecule has 0 aromatic heterocycles. The van der Waals surface area contributed by atoms with Crippen molar-refractivity contribution in [2.24, 2.45) is 23.2 Å². The van der Waals surface area contributed by atoms with Gasteiger partial charge in [-0.3, -0.25) is 43.2 Å². The zero-order valence-corrected chi connectivity index (χ0v) is 53.8. The number of cyclic esters (lactones) is 2. The van der Waals surface area contributed by atoms with Crippen LogP contribution in [0.25, 0.3) is 0 Å². The van der Waals surface area contributed by atoms with Crippen LogP contribution < -0.4 is 36.6 Å². The summed E-state index contributed by atoms with van der Waals surface area (Å²) in [4.78, 5) is 150. The summed E-state index contributed by atoms with van der Waals surface area (Å²) in [6.45, 7) is 11.3. The third-order valence-electron chi connectivity index (χ3n) is 16.0. The van der Waals surface area contributed by atoms with Gasteiger partial charge < -0.3 is 80.5 Å². The van der Waals surface area contributed by atoms with Crippen LogP contribution in [-0.4, -0.2) is 180 Å². The van der Waals surface area contributed by atoms with E-state index in [0.29, 0.717) is 27.0 Å². The van der Waals surface area contributed by atoms with E-state index in [2.05, 4.69) is 31.9 Å². The van der Waals surface area contributed by atoms with Crippen molar-refractivity contribution >= 4 is 76.8 Å². The molecule has 0 aliphatic carbocycles. The number of carbonyl (C=O) groups excluding carboxylic acids is 11. The molecule has 0 radical (unpaired) electrons. The molecule has 92 heavy (non-hydrogen) atoms. The van der Waals surface area contributed by atoms with Gasteiger partial charge in [0.25, 0.3) is 11.8 Å². The summed E-state index contributed by atoms with van der Waals surface area (Å²) in [5.41, 5.74) is 0.624. The topological polar surface area (TPSA) is 392 Å². The monoisotopic (exact) mass is 1310 g/mol. The minimum Gasteiger partial charge on any atom is -0.495 e. The fraction of sp³-hybridized carbons (Fsp3) is 0.603. The minimum absolute atomic E-state index is 0.0182. The Bertz CT molecular complexity index is 3000. The molecule has 8 amide bonds. The van der Waals surface area contributed by atoms with Gasteiger partial charge in [0.15, 0.2) is 12.4 Å². The second kappa shape index (κ2) is 33.8. The second-order valence-electron chi connectivity index (χ2n) is 24.7. The Hall–Kier alpha value is -7.60. The third-order valence-corrected chi connectivity index (χ3v) is 16.3. The zero-order valence-electron chi connectivity index (χ0n) is 53.1. The number of esters is 2. The van der Waals surface area contributed by atoms with Crippen molar-refractivity contribution in [1.29, 1.82) is 0 Å². The Kier molecular flexibility index (Phi) is 27.0. The number of methoxy groups -OCH3 is 2. The van der Waals surface area contributed by atoms with Gasteiger partial charge in [-0.05, 0) is 79.8 Å². The van der Waals surface area contributed by atoms with Gasteiger partial charge in [0.2, 0.25) is 35.4 Å². The average molecular weight is 1310 g/mol. The van der Waals surface area contributed by atoms with E-state index in [1.807, 2.05) is 20.8 Å². The number of carbonyl (C=O) groups is 11. The lowest BCUT2D eigenvalue weighted by Crippen LogP contribution is -2.60. The quantitative estimate of drug-likeness (QED) is 0.0366. The number of aliphatic hydroxyl groups excluding tert-OH is 3. The van der Waals surface area contributed by atoms with Crippen LogP contribution in [0.3, 0.4) is 0 Å². The van der Waals surface area contributed by atoms with Crippen molar-refractivity contribution < 1.29 is 101 Å². The molecule has 6 rings (SSSR count). The fourth-order valence-corrected chi connectivity index (χ4v) is 10.6. The van der Waals surface area contributed by atoms with E-state index < -0.39 is 156 Å². The zero-order chi connectivity index (χ0) is 67.7. The predicted octanol–water partition coefficient (Wildman–Crippen LogP) is 1.49. The SMILES string of the molecule is COc1ccc(C[C@H]2NC(=O)/C=C\C[C@@H]([C@H](C)[C@H]3O[C@@H]3c3ccc(CNC(=O)[C@H](CCC(=O)NC[C@H]4O[C@@H](OC)[C@H](O)[C@@H](O)[C@@H]4O)NC(=O)[C@@H](NC(=O)CCCC(=O)ON4C(=O)CCC4=O)C(C)C)cc3)OC(=O)[C@H](CC(C)C)OC(=O)C(C)(C)CNC2=O)cc1Cl. The van der Waals surface area contributed by atoms with Crippen molar-refractivity contribution in [1.82, 2.24) is 37.0 Å². The van der Waals surface area contributed by atoms with Gasteiger partial charge in [0.1, 0.15) is 60.5 Å². The first-order valence-corrected chi connectivity index (χ1v) is 31.0. The molecule has 0 unspecified atom stereocenters. The number of benzene rings is 2. The highest BCUT2D eigenvalue weighted by atomic mass is 35.5. The summed E-state index contributed by atoms with van der Waals surface area (Å²) >= 11 is 6.39. The number of aliphatic hydroxyl groups is 3. The molecule has 29 heteroatoms. The molecular formula is C63H86ClN7O21. The lowest BCUT2D eigenvalue weighted by molar-refractivity contribution is -0.288. The number of hydrogen-bond donors (Lipinski definition) is 9. The summed E-state index contributed by atoms with van der Waals surface area (Å²) in [5.74, 6) is -8.50. The lowest BCUT2D eigenvalue weighted by Gasteiger charge is -2.39. The second-order valence-corrected chi connectivity index (χ2v) is 25.1. The Morgan fingerprint density at radius 3 is 2.13 bits per heavy atom. The highest BCUT2D eigenvalue weighted by Crippen LogP contribution is 2.45. The first-order chi connectivity index (χ1) is 43.5. The van der Waals surface area contributed by atoms with Crippen LogP contribution in [0, 0.1) is 23.2 Å². The van der Waals surface area contributed by atoms with E-state index in [0.717, 1.165) is 5.56 Å². The Balaban J connectivity index is 1.12. The van der Waals surface area contributed by atoms with Gasteiger partial charge in [-0.15, -0.1) is 5.06 Å². The maximum absolute atomic E-state index is 14.1. The van der Waals surface area contributed by atoms with E-state index >= 15 is 0 Å². The molecule has 13 atom stereocenters. The van der Waals surface area contributed by atoms with Crippen molar-refractivity contribution in [2.45, 2.75) is 192 Å². The van der Waals surface area contributed by atoms with Crippen molar-refractivity contribution in [2.75, 3.05) is 27.3 Å². The summed E-state index contributed by atoms with van der Waals surface area (Å²) in [7, 11) is 2.68. The molecule has 9 N–H and O–H groups in total. The Labute approximate surface area is 538 Å². The predicted molar refractivity (Wildman–Crippen MR) is 324 cm³/mol. The molecule has 0 spiro atoms. The summed E-state index contributed by atoms with van der Waals surface area (Å²) < 4.78 is 34.0. The van der Waals surface area contributed by atoms with Gasteiger partial charge in [-0.1, -0.05) is 82.6 Å². The van der Waals surface area contributed by atoms with E-state index in [1.54, 1.807) is 70.2 Å². The van der Waals surface area contributed by atoms with Crippen LogP contribution in [0.1, 0.15) is 129 Å². The van der Waals surface area contributed by atoms with Crippen LogP contribution in [0.15, 0.2) is 54.6 Å². The standard InChI is InChI=1S/C63H86ClN7O21/c1-32(2)26-43-60(84)88-41(12-10-13-46(73)68-40(28-36-18-22-42(86-8)38(64)27-36)58(82)67-31-63(6,7)62(85)90-43)34(5)55-56(91-55)37-19-16-35(17-20-37)29-66-57(81)39(21-23-45(72)65-30-44-52(78)53(79)54(80)61(87-9)89-44)69-59(83)51(33(3)4)70-47(74)14-11-15-50(77)92-71-48(75)24-25-49(71)76/h10,13,16-20,22,27,32-34,39-41,43-44,51-56,61,78-80H,11-12,14-15,21,23-26,28-31H2,1-9H3,(H,65,72)(H,66,81)(H,67,82)(H,68,73)(H,69,83)(H,70,74)/b13-10-/t34-,39-,40+,41-,43-,44+,51-,52+,53-,54+,55+,56+,61+/m0/s1. The molecule has 0 bridgehead atoms. The first-order valence-electron chi connectivity index (χ1n) is 30.7. The normalized spacial score (nSPS) is 25.9. The van der Waals surface area contributed by atoms with Crippen molar-refractivity contribution in [3.8, 4) is 5.75 Å². The molecule has 3 fully saturated rings. The van der Waals surface area contributed by atoms with Crippen LogP contribution in [0.2, 0.25) is 5.02 Å². The van der Waals surface area contributed by atoms with Crippen LogP contribution >= 0.6 is 11.6 Å².